The van der Waals surface area contributed by atoms with Crippen molar-refractivity contribution in [2.75, 3.05) is 11.5 Å². The molecule has 2 aliphatic heterocycles. The molecule has 0 saturated heterocycles. The Morgan fingerprint density at radius 2 is 1.24 bits per heavy atom. The summed E-state index contributed by atoms with van der Waals surface area (Å²) in [7, 11) is -9.98. The van der Waals surface area contributed by atoms with E-state index < -0.39 is 40.5 Å². The Hall–Kier alpha value is -1.30. The third kappa shape index (κ3) is 7.87. The lowest BCUT2D eigenvalue weighted by atomic mass is 10.4. The Morgan fingerprint density at radius 3 is 1.70 bits per heavy atom. The maximum atomic E-state index is 12.1. The van der Waals surface area contributed by atoms with Gasteiger partial charge in [-0.25, -0.2) is 25.3 Å². The number of benzene rings is 2. The molecule has 0 amide bonds. The van der Waals surface area contributed by atoms with Crippen LogP contribution in [0.3, 0.4) is 0 Å². The summed E-state index contributed by atoms with van der Waals surface area (Å²) in [6.45, 7) is 0. The highest BCUT2D eigenvalue weighted by atomic mass is 35.5. The topological polar surface area (TPSA) is 102 Å². The van der Waals surface area contributed by atoms with Gasteiger partial charge in [0.25, 0.3) is 0 Å². The largest absolute Gasteiger partial charge is 0.224 e. The van der Waals surface area contributed by atoms with Crippen molar-refractivity contribution in [2.45, 2.75) is 27.7 Å². The first-order chi connectivity index (χ1) is 14.9. The lowest BCUT2D eigenvalue weighted by Crippen LogP contribution is -2.22. The molecule has 0 spiro atoms. The van der Waals surface area contributed by atoms with Crippen molar-refractivity contribution in [3.05, 3.63) is 81.5 Å². The van der Waals surface area contributed by atoms with Crippen molar-refractivity contribution in [3.63, 3.8) is 0 Å². The van der Waals surface area contributed by atoms with Crippen LogP contribution in [0.25, 0.3) is 0 Å². The van der Waals surface area contributed by atoms with Crippen molar-refractivity contribution in [1.82, 2.24) is 0 Å². The lowest BCUT2D eigenvalue weighted by molar-refractivity contribution is 0.587. The molecule has 12 heteroatoms. The molecule has 2 aliphatic rings. The third-order valence-electron chi connectivity index (χ3n) is 4.44. The van der Waals surface area contributed by atoms with Gasteiger partial charge in [0.1, 0.15) is 0 Å². The van der Waals surface area contributed by atoms with Gasteiger partial charge < -0.3 is 0 Å². The molecule has 0 N–H and O–H groups in total. The first-order valence-electron chi connectivity index (χ1n) is 9.10. The standard InChI is InChI=1S/C10H9ClO4S2.C10H9ClO2S2.CH4/c11-8-1-3-9(4-2-8)17(14,15)10-5-6-16(12,13)7-10;11-8-1-3-9(4-2-8)14-10-5-6-15(12,13)7-10;/h1-6,10H,7H2;1-6,10H,7H2;1H4/t2*10-;/m11./s1. The number of hydrogen-bond donors (Lipinski definition) is 0. The van der Waals surface area contributed by atoms with E-state index in [4.69, 9.17) is 23.2 Å². The van der Waals surface area contributed by atoms with E-state index in [1.807, 2.05) is 12.1 Å². The molecule has 0 aliphatic carbocycles. The fourth-order valence-electron chi connectivity index (χ4n) is 2.85. The first-order valence-corrected chi connectivity index (χ1v) is 15.7. The van der Waals surface area contributed by atoms with Gasteiger partial charge >= 0.3 is 0 Å². The van der Waals surface area contributed by atoms with Crippen molar-refractivity contribution in [2.24, 2.45) is 0 Å². The molecule has 0 unspecified atom stereocenters. The van der Waals surface area contributed by atoms with Gasteiger partial charge in [-0.3, -0.25) is 0 Å². The Balaban J connectivity index is 0.000000228. The molecule has 2 aromatic carbocycles. The molecule has 0 aromatic heterocycles. The van der Waals surface area contributed by atoms with Gasteiger partial charge in [-0.15, -0.1) is 11.8 Å². The minimum Gasteiger partial charge on any atom is -0.224 e. The molecule has 4 rings (SSSR count). The Morgan fingerprint density at radius 1 is 0.758 bits per heavy atom. The van der Waals surface area contributed by atoms with Crippen LogP contribution in [0.4, 0.5) is 0 Å². The maximum absolute atomic E-state index is 12.1. The zero-order valence-corrected chi connectivity index (χ0v) is 21.1. The molecule has 6 nitrogen and oxygen atoms in total. The number of hydrogen-bond acceptors (Lipinski definition) is 7. The van der Waals surface area contributed by atoms with E-state index >= 15 is 0 Å². The van der Waals surface area contributed by atoms with Crippen LogP contribution in [0.1, 0.15) is 7.43 Å². The first kappa shape index (κ1) is 27.9. The van der Waals surface area contributed by atoms with Crippen LogP contribution in [0, 0.1) is 0 Å². The van der Waals surface area contributed by atoms with E-state index in [1.165, 1.54) is 47.5 Å². The average molecular weight is 570 g/mol. The van der Waals surface area contributed by atoms with E-state index in [0.717, 1.165) is 10.3 Å². The van der Waals surface area contributed by atoms with Crippen molar-refractivity contribution >= 4 is 64.5 Å². The zero-order valence-electron chi connectivity index (χ0n) is 16.3. The average Bonchev–Trinajstić information content (AvgIpc) is 3.26. The van der Waals surface area contributed by atoms with Crippen LogP contribution in [0.15, 0.2) is 81.3 Å². The minimum atomic E-state index is -3.65. The molecule has 33 heavy (non-hydrogen) atoms. The van der Waals surface area contributed by atoms with Crippen molar-refractivity contribution in [1.29, 1.82) is 0 Å². The number of sulfone groups is 3. The minimum absolute atomic E-state index is 0. The molecule has 180 valence electrons. The normalized spacial score (nSPS) is 22.2. The summed E-state index contributed by atoms with van der Waals surface area (Å²) in [4.78, 5) is 1.11. The number of thioether (sulfide) groups is 1. The predicted molar refractivity (Wildman–Crippen MR) is 136 cm³/mol. The zero-order chi connectivity index (χ0) is 23.6. The second kappa shape index (κ2) is 11.0. The molecular formula is C21H22Cl2O6S4. The fraction of sp³-hybridized carbons (Fsp3) is 0.238. The second-order valence-electron chi connectivity index (χ2n) is 6.96. The van der Waals surface area contributed by atoms with Crippen LogP contribution < -0.4 is 0 Å². The fourth-order valence-corrected chi connectivity index (χ4v) is 9.59. The predicted octanol–water partition coefficient (Wildman–Crippen LogP) is 4.80. The van der Waals surface area contributed by atoms with E-state index in [-0.39, 0.29) is 23.3 Å². The second-order valence-corrected chi connectivity index (χ2v) is 15.2. The van der Waals surface area contributed by atoms with E-state index in [1.54, 1.807) is 18.2 Å². The van der Waals surface area contributed by atoms with E-state index in [2.05, 4.69) is 0 Å². The van der Waals surface area contributed by atoms with Gasteiger partial charge in [0.2, 0.25) is 0 Å². The van der Waals surface area contributed by atoms with Crippen LogP contribution in [-0.4, -0.2) is 47.3 Å². The molecule has 2 aromatic rings. The van der Waals surface area contributed by atoms with Gasteiger partial charge in [0.05, 0.1) is 21.7 Å². The summed E-state index contributed by atoms with van der Waals surface area (Å²) >= 11 is 13.0. The highest BCUT2D eigenvalue weighted by molar-refractivity contribution is 8.02. The summed E-state index contributed by atoms with van der Waals surface area (Å²) in [5, 5.41) is 2.38. The van der Waals surface area contributed by atoms with Crippen LogP contribution >= 0.6 is 35.0 Å². The molecule has 0 radical (unpaired) electrons. The summed E-state index contributed by atoms with van der Waals surface area (Å²) in [5.41, 5.74) is 0. The molecule has 2 heterocycles. The Labute approximate surface area is 209 Å². The molecule has 0 saturated carbocycles. The van der Waals surface area contributed by atoms with Crippen LogP contribution in [0.5, 0.6) is 0 Å². The van der Waals surface area contributed by atoms with Gasteiger partial charge in [-0.2, -0.15) is 0 Å². The van der Waals surface area contributed by atoms with E-state index in [0.29, 0.717) is 10.0 Å². The Bertz CT molecular complexity index is 1350. The Kier molecular flexibility index (Phi) is 9.28. The van der Waals surface area contributed by atoms with Gasteiger partial charge in [0, 0.05) is 31.0 Å². The smallest absolute Gasteiger partial charge is 0.185 e. The monoisotopic (exact) mass is 568 g/mol. The molecule has 0 bridgehead atoms. The van der Waals surface area contributed by atoms with Crippen LogP contribution in [-0.2, 0) is 29.5 Å². The molecular weight excluding hydrogens is 547 g/mol. The SMILES string of the molecule is C.O=S1(=O)C=C[C@@H](S(=O)(=O)c2ccc(Cl)cc2)C1.O=S1(=O)C=C[C@@H](Sc2ccc(Cl)cc2)C1. The summed E-state index contributed by atoms with van der Waals surface area (Å²) in [6, 6.07) is 13.1. The van der Waals surface area contributed by atoms with Gasteiger partial charge in [-0.05, 0) is 48.5 Å². The molecule has 0 fully saturated rings. The summed E-state index contributed by atoms with van der Waals surface area (Å²) in [5.74, 6) is -0.196. The summed E-state index contributed by atoms with van der Waals surface area (Å²) in [6.07, 6.45) is 2.94. The number of halogens is 2. The van der Waals surface area contributed by atoms with Crippen molar-refractivity contribution in [3.8, 4) is 0 Å². The third-order valence-corrected chi connectivity index (χ3v) is 11.4. The lowest BCUT2D eigenvalue weighted by Gasteiger charge is -2.08. The maximum Gasteiger partial charge on any atom is 0.185 e. The van der Waals surface area contributed by atoms with E-state index in [9.17, 15) is 25.3 Å². The van der Waals surface area contributed by atoms with Gasteiger partial charge in [0.15, 0.2) is 29.5 Å². The number of rotatable bonds is 4. The quantitative estimate of drug-likeness (QED) is 0.521. The van der Waals surface area contributed by atoms with Gasteiger partial charge in [-0.1, -0.05) is 42.8 Å². The van der Waals surface area contributed by atoms with Crippen LogP contribution in [0.2, 0.25) is 10.0 Å². The van der Waals surface area contributed by atoms with Crippen molar-refractivity contribution < 1.29 is 25.3 Å². The highest BCUT2D eigenvalue weighted by Gasteiger charge is 2.33. The highest BCUT2D eigenvalue weighted by Crippen LogP contribution is 2.29. The molecule has 2 atom stereocenters. The summed E-state index contributed by atoms with van der Waals surface area (Å²) < 4.78 is 68.9.